The first kappa shape index (κ1) is 25.8. The van der Waals surface area contributed by atoms with Crippen molar-refractivity contribution in [2.45, 2.75) is 18.8 Å². The molecule has 0 spiro atoms. The Morgan fingerprint density at radius 3 is 2.61 bits per heavy atom. The van der Waals surface area contributed by atoms with Crippen LogP contribution >= 0.6 is 23.2 Å². The molecule has 9 heteroatoms. The van der Waals surface area contributed by atoms with Crippen molar-refractivity contribution >= 4 is 52.4 Å². The fourth-order valence-corrected chi connectivity index (χ4v) is 5.58. The number of methoxy groups -OCH3 is 1. The molecule has 0 bridgehead atoms. The highest BCUT2D eigenvalue weighted by molar-refractivity contribution is 6.36. The van der Waals surface area contributed by atoms with Crippen LogP contribution < -0.4 is 15.0 Å². The number of benzene rings is 3. The number of ether oxygens (including phenoxy) is 1. The number of para-hydroxylation sites is 1. The summed E-state index contributed by atoms with van der Waals surface area (Å²) in [5.41, 5.74) is 3.12. The van der Waals surface area contributed by atoms with E-state index in [4.69, 9.17) is 27.9 Å². The number of halogens is 2. The highest BCUT2D eigenvalue weighted by Gasteiger charge is 2.37. The minimum atomic E-state index is -0.889. The number of aliphatic carboxylic acids is 1. The van der Waals surface area contributed by atoms with Gasteiger partial charge in [0, 0.05) is 34.3 Å². The van der Waals surface area contributed by atoms with Gasteiger partial charge in [0.05, 0.1) is 23.4 Å². The van der Waals surface area contributed by atoms with E-state index in [2.05, 4.69) is 5.32 Å². The number of allylic oxidation sites excluding steroid dienone is 1. The molecule has 0 saturated carbocycles. The molecule has 38 heavy (non-hydrogen) atoms. The second-order valence-electron chi connectivity index (χ2n) is 9.28. The minimum absolute atomic E-state index is 0.0551. The normalized spacial score (nSPS) is 18.1. The Bertz CT molecular complexity index is 1490. The van der Waals surface area contributed by atoms with Gasteiger partial charge in [-0.05, 0) is 66.8 Å². The van der Waals surface area contributed by atoms with Gasteiger partial charge in [0.15, 0.2) is 0 Å². The number of carboxylic acids is 1. The lowest BCUT2D eigenvalue weighted by Crippen LogP contribution is -2.32. The molecule has 0 fully saturated rings. The molecule has 0 aromatic heterocycles. The predicted molar refractivity (Wildman–Crippen MR) is 147 cm³/mol. The molecule has 2 atom stereocenters. The summed E-state index contributed by atoms with van der Waals surface area (Å²) in [5.74, 6) is -1.19. The van der Waals surface area contributed by atoms with Crippen LogP contribution in [0.2, 0.25) is 10.0 Å². The van der Waals surface area contributed by atoms with Crippen LogP contribution in [0.4, 0.5) is 11.4 Å². The van der Waals surface area contributed by atoms with Gasteiger partial charge < -0.3 is 20.1 Å². The summed E-state index contributed by atoms with van der Waals surface area (Å²) in [4.78, 5) is 39.9. The van der Waals surface area contributed by atoms with E-state index in [1.165, 1.54) is 13.2 Å². The second-order valence-corrected chi connectivity index (χ2v) is 10.1. The maximum Gasteiger partial charge on any atom is 0.331 e. The van der Waals surface area contributed by atoms with Crippen molar-refractivity contribution in [1.82, 2.24) is 0 Å². The molecule has 1 heterocycles. The number of nitrogens with one attached hydrogen (secondary N) is 1. The lowest BCUT2D eigenvalue weighted by atomic mass is 9.87. The molecule has 2 N–H and O–H groups in total. The smallest absolute Gasteiger partial charge is 0.331 e. The first-order valence-corrected chi connectivity index (χ1v) is 12.8. The highest BCUT2D eigenvalue weighted by Crippen LogP contribution is 2.46. The second kappa shape index (κ2) is 10.5. The van der Waals surface area contributed by atoms with Gasteiger partial charge in [-0.25, -0.2) is 4.79 Å². The van der Waals surface area contributed by atoms with Crippen LogP contribution in [0.5, 0.6) is 5.75 Å². The van der Waals surface area contributed by atoms with Crippen LogP contribution in [0.15, 0.2) is 72.3 Å². The minimum Gasteiger partial charge on any atom is -0.495 e. The molecule has 3 aromatic carbocycles. The zero-order valence-corrected chi connectivity index (χ0v) is 21.9. The third kappa shape index (κ3) is 4.87. The Morgan fingerprint density at radius 2 is 1.84 bits per heavy atom. The summed E-state index contributed by atoms with van der Waals surface area (Å²) < 4.78 is 5.50. The van der Waals surface area contributed by atoms with Crippen LogP contribution in [0.25, 0.3) is 0 Å². The van der Waals surface area contributed by atoms with Gasteiger partial charge in [0.1, 0.15) is 5.75 Å². The molecule has 0 saturated heterocycles. The molecule has 0 radical (unpaired) electrons. The number of nitrogens with zero attached hydrogens (tertiary/aromatic N) is 1. The Morgan fingerprint density at radius 1 is 1.05 bits per heavy atom. The lowest BCUT2D eigenvalue weighted by molar-refractivity contribution is -0.132. The number of hydrogen-bond donors (Lipinski definition) is 2. The number of carbonyl (C=O) groups is 3. The number of fused-ring (bicyclic) bond motifs is 3. The molecule has 2 amide bonds. The van der Waals surface area contributed by atoms with E-state index in [-0.39, 0.29) is 28.3 Å². The molecular formula is C29H24Cl2N2O5. The van der Waals surface area contributed by atoms with E-state index in [0.29, 0.717) is 47.0 Å². The van der Waals surface area contributed by atoms with E-state index in [9.17, 15) is 19.5 Å². The van der Waals surface area contributed by atoms with Gasteiger partial charge in [-0.2, -0.15) is 0 Å². The Balaban J connectivity index is 1.43. The van der Waals surface area contributed by atoms with Crippen molar-refractivity contribution in [2.75, 3.05) is 23.9 Å². The van der Waals surface area contributed by atoms with Crippen molar-refractivity contribution in [3.8, 4) is 5.75 Å². The standard InChI is InChI=1S/C29H24Cl2N2O5/c1-38-26-14-17(6-9-24(26)32-27(34)22-15-19(30)7-8-23(22)31)28(35)33-11-10-16-12-18(29(36)37)13-21(16)20-4-2-3-5-25(20)33/h2-9,13-16,21H,10-12H2,1H3,(H,32,34)(H,36,37)/t16?,21-/m0/s1. The van der Waals surface area contributed by atoms with Gasteiger partial charge in [0.2, 0.25) is 0 Å². The fraction of sp³-hybridized carbons (Fsp3) is 0.207. The van der Waals surface area contributed by atoms with Gasteiger partial charge in [-0.15, -0.1) is 0 Å². The highest BCUT2D eigenvalue weighted by atomic mass is 35.5. The van der Waals surface area contributed by atoms with E-state index < -0.39 is 11.9 Å². The number of anilines is 2. The molecule has 194 valence electrons. The molecular weight excluding hydrogens is 527 g/mol. The van der Waals surface area contributed by atoms with Crippen LogP contribution in [-0.4, -0.2) is 36.5 Å². The van der Waals surface area contributed by atoms with Crippen molar-refractivity contribution in [1.29, 1.82) is 0 Å². The quantitative estimate of drug-likeness (QED) is 0.382. The van der Waals surface area contributed by atoms with Crippen LogP contribution in [-0.2, 0) is 4.79 Å². The van der Waals surface area contributed by atoms with Gasteiger partial charge >= 0.3 is 5.97 Å². The number of carboxylic acid groups (broad SMARTS) is 1. The van der Waals surface area contributed by atoms with E-state index in [1.54, 1.807) is 35.2 Å². The maximum absolute atomic E-state index is 13.8. The number of amides is 2. The number of rotatable bonds is 5. The summed E-state index contributed by atoms with van der Waals surface area (Å²) >= 11 is 12.2. The summed E-state index contributed by atoms with van der Waals surface area (Å²) in [5, 5.41) is 12.9. The molecule has 7 nitrogen and oxygen atoms in total. The molecule has 5 rings (SSSR count). The lowest BCUT2D eigenvalue weighted by Gasteiger charge is -2.24. The Hall–Kier alpha value is -3.81. The molecule has 1 aliphatic heterocycles. The van der Waals surface area contributed by atoms with Crippen LogP contribution in [0.1, 0.15) is 45.0 Å². The zero-order chi connectivity index (χ0) is 27.0. The van der Waals surface area contributed by atoms with Crippen molar-refractivity contribution in [3.05, 3.63) is 99.0 Å². The van der Waals surface area contributed by atoms with E-state index >= 15 is 0 Å². The maximum atomic E-state index is 13.8. The number of carbonyl (C=O) groups excluding carboxylic acids is 2. The summed E-state index contributed by atoms with van der Waals surface area (Å²) in [6.45, 7) is 0.450. The van der Waals surface area contributed by atoms with E-state index in [0.717, 1.165) is 11.3 Å². The Kier molecular flexibility index (Phi) is 7.15. The van der Waals surface area contributed by atoms with E-state index in [1.807, 2.05) is 30.3 Å². The van der Waals surface area contributed by atoms with Gasteiger partial charge in [-0.3, -0.25) is 9.59 Å². The molecule has 2 aliphatic rings. The van der Waals surface area contributed by atoms with Gasteiger partial charge in [-0.1, -0.05) is 47.5 Å². The summed E-state index contributed by atoms with van der Waals surface area (Å²) in [6, 6.07) is 17.1. The van der Waals surface area contributed by atoms with Crippen molar-refractivity contribution in [2.24, 2.45) is 5.92 Å². The third-order valence-corrected chi connectivity index (χ3v) is 7.64. The molecule has 1 aliphatic carbocycles. The zero-order valence-electron chi connectivity index (χ0n) is 20.4. The fourth-order valence-electron chi connectivity index (χ4n) is 5.20. The summed E-state index contributed by atoms with van der Waals surface area (Å²) in [7, 11) is 1.46. The summed E-state index contributed by atoms with van der Waals surface area (Å²) in [6.07, 6.45) is 2.98. The van der Waals surface area contributed by atoms with Crippen LogP contribution in [0.3, 0.4) is 0 Å². The largest absolute Gasteiger partial charge is 0.495 e. The SMILES string of the molecule is COc1cc(C(=O)N2CCC3CC(C(=O)O)=C[C@@H]3c3ccccc32)ccc1NC(=O)c1cc(Cl)ccc1Cl. The predicted octanol–water partition coefficient (Wildman–Crippen LogP) is 6.42. The monoisotopic (exact) mass is 550 g/mol. The first-order valence-electron chi connectivity index (χ1n) is 12.1. The van der Waals surface area contributed by atoms with Crippen LogP contribution in [0, 0.1) is 5.92 Å². The first-order chi connectivity index (χ1) is 18.3. The van der Waals surface area contributed by atoms with Crippen molar-refractivity contribution in [3.63, 3.8) is 0 Å². The number of hydrogen-bond acceptors (Lipinski definition) is 4. The average molecular weight is 551 g/mol. The molecule has 3 aromatic rings. The van der Waals surface area contributed by atoms with Gasteiger partial charge in [0.25, 0.3) is 11.8 Å². The molecule has 1 unspecified atom stereocenters. The Labute approximate surface area is 229 Å². The third-order valence-electron chi connectivity index (χ3n) is 7.07. The van der Waals surface area contributed by atoms with Crippen molar-refractivity contribution < 1.29 is 24.2 Å². The topological polar surface area (TPSA) is 95.9 Å². The average Bonchev–Trinajstić information content (AvgIpc) is 3.28.